The molecule has 2 rings (SSSR count). The van der Waals surface area contributed by atoms with Gasteiger partial charge in [0.15, 0.2) is 0 Å². The maximum Gasteiger partial charge on any atom is 0.123 e. The van der Waals surface area contributed by atoms with Crippen LogP contribution in [0.4, 0.5) is 10.1 Å². The summed E-state index contributed by atoms with van der Waals surface area (Å²) in [4.78, 5) is 0. The second kappa shape index (κ2) is 2.38. The van der Waals surface area contributed by atoms with E-state index in [0.717, 1.165) is 11.3 Å². The van der Waals surface area contributed by atoms with Crippen LogP contribution in [-0.4, -0.2) is 0 Å². The van der Waals surface area contributed by atoms with Gasteiger partial charge >= 0.3 is 0 Å². The van der Waals surface area contributed by atoms with Crippen molar-refractivity contribution in [2.24, 2.45) is 0 Å². The predicted molar refractivity (Wildman–Crippen MR) is 41.5 cm³/mol. The quantitative estimate of drug-likeness (QED) is 0.594. The van der Waals surface area contributed by atoms with Crippen LogP contribution in [0.15, 0.2) is 24.4 Å². The van der Waals surface area contributed by atoms with E-state index in [4.69, 9.17) is 0 Å². The van der Waals surface area contributed by atoms with Crippen molar-refractivity contribution in [1.82, 2.24) is 0 Å². The highest BCUT2D eigenvalue weighted by Gasteiger charge is 2.04. The highest BCUT2D eigenvalue weighted by Crippen LogP contribution is 2.20. The van der Waals surface area contributed by atoms with Crippen molar-refractivity contribution in [1.29, 1.82) is 0 Å². The van der Waals surface area contributed by atoms with E-state index in [9.17, 15) is 4.39 Å². The Morgan fingerprint density at radius 2 is 2.36 bits per heavy atom. The van der Waals surface area contributed by atoms with E-state index >= 15 is 0 Å². The fourth-order valence-electron chi connectivity index (χ4n) is 1.14. The Morgan fingerprint density at radius 3 is 3.27 bits per heavy atom. The van der Waals surface area contributed by atoms with Crippen molar-refractivity contribution in [3.8, 4) is 0 Å². The fraction of sp³-hybridized carbons (Fsp3) is 0.111. The van der Waals surface area contributed by atoms with Gasteiger partial charge in [-0.15, -0.1) is 0 Å². The lowest BCUT2D eigenvalue weighted by atomic mass is 10.1. The molecule has 0 spiro atoms. The Bertz CT molecular complexity index is 304. The van der Waals surface area contributed by atoms with Crippen LogP contribution in [0.25, 0.3) is 0 Å². The summed E-state index contributed by atoms with van der Waals surface area (Å²) < 4.78 is 12.6. The maximum atomic E-state index is 12.6. The number of allylic oxidation sites excluding steroid dienone is 1. The summed E-state index contributed by atoms with van der Waals surface area (Å²) in [6, 6.07) is 4.72. The lowest BCUT2D eigenvalue weighted by molar-refractivity contribution is 0.626. The minimum absolute atomic E-state index is 0.186. The van der Waals surface area contributed by atoms with Crippen molar-refractivity contribution in [3.63, 3.8) is 0 Å². The molecule has 0 fully saturated rings. The number of anilines is 1. The van der Waals surface area contributed by atoms with Gasteiger partial charge in [-0.25, -0.2) is 4.39 Å². The van der Waals surface area contributed by atoms with Crippen LogP contribution >= 0.6 is 0 Å². The van der Waals surface area contributed by atoms with Crippen molar-refractivity contribution in [2.45, 2.75) is 6.42 Å². The highest BCUT2D eigenvalue weighted by molar-refractivity contribution is 5.55. The zero-order valence-electron chi connectivity index (χ0n) is 5.89. The molecule has 1 aliphatic rings. The first kappa shape index (κ1) is 6.40. The smallest absolute Gasteiger partial charge is 0.123 e. The molecule has 1 aliphatic heterocycles. The van der Waals surface area contributed by atoms with Gasteiger partial charge < -0.3 is 5.32 Å². The van der Waals surface area contributed by atoms with E-state index in [1.54, 1.807) is 12.3 Å². The molecule has 0 atom stereocenters. The van der Waals surface area contributed by atoms with E-state index in [2.05, 4.69) is 11.4 Å². The molecule has 0 bridgehead atoms. The van der Waals surface area contributed by atoms with Crippen LogP contribution in [0.2, 0.25) is 0 Å². The van der Waals surface area contributed by atoms with E-state index in [0.29, 0.717) is 6.42 Å². The predicted octanol–water partition coefficient (Wildman–Crippen LogP) is 2.11. The number of benzene rings is 1. The summed E-state index contributed by atoms with van der Waals surface area (Å²) in [7, 11) is 0. The third-order valence-electron chi connectivity index (χ3n) is 1.69. The number of hydrogen-bond acceptors (Lipinski definition) is 1. The summed E-state index contributed by atoms with van der Waals surface area (Å²) in [5, 5.41) is 2.99. The van der Waals surface area contributed by atoms with Gasteiger partial charge in [-0.3, -0.25) is 0 Å². The number of nitrogens with one attached hydrogen (secondary N) is 1. The molecular formula is C9H7FN. The molecule has 0 unspecified atom stereocenters. The SMILES string of the molecule is Fc1ccc2c(c1)C[C]=CN2. The number of halogens is 1. The third-order valence-corrected chi connectivity index (χ3v) is 1.69. The second-order valence-corrected chi connectivity index (χ2v) is 2.47. The van der Waals surface area contributed by atoms with Crippen molar-refractivity contribution in [2.75, 3.05) is 5.32 Å². The normalized spacial score (nSPS) is 13.9. The van der Waals surface area contributed by atoms with Gasteiger partial charge in [-0.1, -0.05) is 0 Å². The molecule has 1 nitrogen and oxygen atoms in total. The minimum atomic E-state index is -0.186. The molecule has 0 aliphatic carbocycles. The number of hydrogen-bond donors (Lipinski definition) is 1. The average molecular weight is 148 g/mol. The van der Waals surface area contributed by atoms with Gasteiger partial charge in [0.2, 0.25) is 0 Å². The Hall–Kier alpha value is -1.31. The lowest BCUT2D eigenvalue weighted by Gasteiger charge is -2.11. The van der Waals surface area contributed by atoms with E-state index in [1.165, 1.54) is 12.1 Å². The lowest BCUT2D eigenvalue weighted by Crippen LogP contribution is -2.00. The Kier molecular flexibility index (Phi) is 1.39. The van der Waals surface area contributed by atoms with Crippen LogP contribution in [0.3, 0.4) is 0 Å². The van der Waals surface area contributed by atoms with Gasteiger partial charge in [0.1, 0.15) is 5.82 Å². The Labute approximate surface area is 64.5 Å². The largest absolute Gasteiger partial charge is 0.361 e. The summed E-state index contributed by atoms with van der Waals surface area (Å²) in [6.45, 7) is 0. The average Bonchev–Trinajstić information content (AvgIpc) is 2.04. The molecule has 55 valence electrons. The first-order valence-corrected chi connectivity index (χ1v) is 3.46. The standard InChI is InChI=1S/C9H7FN/c10-8-3-4-9-7(6-8)2-1-5-11-9/h3-6,11H,2H2. The van der Waals surface area contributed by atoms with Crippen LogP contribution in [0, 0.1) is 11.9 Å². The molecule has 11 heavy (non-hydrogen) atoms. The molecule has 1 aromatic rings. The van der Waals surface area contributed by atoms with Gasteiger partial charge in [-0.2, -0.15) is 0 Å². The van der Waals surface area contributed by atoms with Gasteiger partial charge in [0.25, 0.3) is 0 Å². The van der Waals surface area contributed by atoms with E-state index in [1.807, 2.05) is 0 Å². The maximum absolute atomic E-state index is 12.6. The van der Waals surface area contributed by atoms with Crippen LogP contribution in [0.5, 0.6) is 0 Å². The van der Waals surface area contributed by atoms with Crippen molar-refractivity contribution >= 4 is 5.69 Å². The van der Waals surface area contributed by atoms with Gasteiger partial charge in [-0.05, 0) is 29.8 Å². The first-order valence-electron chi connectivity index (χ1n) is 3.46. The zero-order valence-corrected chi connectivity index (χ0v) is 5.89. The zero-order chi connectivity index (χ0) is 7.68. The first-order chi connectivity index (χ1) is 5.36. The highest BCUT2D eigenvalue weighted by atomic mass is 19.1. The molecule has 2 heteroatoms. The van der Waals surface area contributed by atoms with Crippen LogP contribution < -0.4 is 5.32 Å². The fourth-order valence-corrected chi connectivity index (χ4v) is 1.14. The molecule has 0 amide bonds. The molecule has 0 saturated heterocycles. The minimum Gasteiger partial charge on any atom is -0.361 e. The third kappa shape index (κ3) is 1.11. The molecular weight excluding hydrogens is 141 g/mol. The van der Waals surface area contributed by atoms with E-state index < -0.39 is 0 Å². The topological polar surface area (TPSA) is 12.0 Å². The molecule has 0 saturated carbocycles. The van der Waals surface area contributed by atoms with Crippen molar-refractivity contribution < 1.29 is 4.39 Å². The molecule has 1 aromatic carbocycles. The second-order valence-electron chi connectivity index (χ2n) is 2.47. The molecule has 1 radical (unpaired) electrons. The molecule has 0 aromatic heterocycles. The summed E-state index contributed by atoms with van der Waals surface area (Å²) in [6.07, 6.45) is 5.41. The molecule has 1 heterocycles. The monoisotopic (exact) mass is 148 g/mol. The number of rotatable bonds is 0. The van der Waals surface area contributed by atoms with Crippen LogP contribution in [-0.2, 0) is 6.42 Å². The number of fused-ring (bicyclic) bond motifs is 1. The Morgan fingerprint density at radius 1 is 1.45 bits per heavy atom. The summed E-state index contributed by atoms with van der Waals surface area (Å²) in [5.41, 5.74) is 1.94. The van der Waals surface area contributed by atoms with E-state index in [-0.39, 0.29) is 5.82 Å². The van der Waals surface area contributed by atoms with Gasteiger partial charge in [0, 0.05) is 18.3 Å². The molecule has 1 N–H and O–H groups in total. The Balaban J connectivity index is 2.48. The summed E-state index contributed by atoms with van der Waals surface area (Å²) in [5.74, 6) is -0.186. The van der Waals surface area contributed by atoms with Gasteiger partial charge in [0.05, 0.1) is 0 Å². The van der Waals surface area contributed by atoms with Crippen molar-refractivity contribution in [3.05, 3.63) is 41.9 Å². The summed E-state index contributed by atoms with van der Waals surface area (Å²) >= 11 is 0. The van der Waals surface area contributed by atoms with Crippen LogP contribution in [0.1, 0.15) is 5.56 Å².